The highest BCUT2D eigenvalue weighted by molar-refractivity contribution is 5.93. The molecule has 0 radical (unpaired) electrons. The van der Waals surface area contributed by atoms with Crippen LogP contribution in [0.1, 0.15) is 0 Å². The van der Waals surface area contributed by atoms with Crippen LogP contribution in [-0.4, -0.2) is 26.2 Å². The predicted molar refractivity (Wildman–Crippen MR) is 113 cm³/mol. The van der Waals surface area contributed by atoms with Crippen LogP contribution in [-0.2, 0) is 0 Å². The molecule has 2 aromatic heterocycles. The highest BCUT2D eigenvalue weighted by Crippen LogP contribution is 2.29. The van der Waals surface area contributed by atoms with Gasteiger partial charge in [-0.05, 0) is 17.7 Å². The quantitative estimate of drug-likeness (QED) is 0.555. The Morgan fingerprint density at radius 1 is 0.643 bits per heavy atom. The van der Waals surface area contributed by atoms with Gasteiger partial charge >= 0.3 is 0 Å². The first-order valence-corrected chi connectivity index (χ1v) is 9.85. The lowest BCUT2D eigenvalue weighted by Gasteiger charge is -2.27. The Balaban J connectivity index is 1.47. The Morgan fingerprint density at radius 3 is 2.07 bits per heavy atom. The maximum atomic E-state index is 3.66. The summed E-state index contributed by atoms with van der Waals surface area (Å²) in [6, 6.07) is 27.8. The van der Waals surface area contributed by atoms with E-state index in [1.54, 1.807) is 0 Å². The van der Waals surface area contributed by atoms with E-state index >= 15 is 0 Å². The molecule has 4 heteroatoms. The van der Waals surface area contributed by atoms with Crippen LogP contribution in [0, 0.1) is 0 Å². The number of aromatic amines is 2. The number of hydrogen-bond donors (Lipinski definition) is 0. The molecular formula is C24H24N4+2. The topological polar surface area (TPSA) is 34.8 Å². The minimum Gasteiger partial charge on any atom is -0.254 e. The van der Waals surface area contributed by atoms with Gasteiger partial charge in [-0.2, -0.15) is 0 Å². The van der Waals surface area contributed by atoms with Crippen molar-refractivity contribution in [3.05, 3.63) is 85.1 Å². The summed E-state index contributed by atoms with van der Waals surface area (Å²) < 4.78 is 0. The second-order valence-electron chi connectivity index (χ2n) is 7.20. The summed E-state index contributed by atoms with van der Waals surface area (Å²) in [4.78, 5) is 11.9. The molecule has 2 aromatic carbocycles. The van der Waals surface area contributed by atoms with Gasteiger partial charge in [0.15, 0.2) is 0 Å². The first-order valence-electron chi connectivity index (χ1n) is 9.85. The van der Waals surface area contributed by atoms with E-state index in [1.807, 2.05) is 12.3 Å². The molecule has 0 amide bonds. The molecule has 0 bridgehead atoms. The van der Waals surface area contributed by atoms with E-state index in [4.69, 9.17) is 0 Å². The number of aromatic nitrogens is 2. The van der Waals surface area contributed by atoms with Crippen LogP contribution in [0.25, 0.3) is 22.0 Å². The van der Waals surface area contributed by atoms with Gasteiger partial charge in [-0.15, -0.1) is 0 Å². The molecule has 1 aliphatic heterocycles. The standard InChI is InChI=1S/C24H22N4/c1-2-8-19(9-3-1)21-18-24(26-22-11-5-4-10-20(21)22)28-16-14-27(15-17-28)23-12-6-7-13-25-23/h1-13,18H,14-17H2/p+2. The summed E-state index contributed by atoms with van der Waals surface area (Å²) in [5, 5.41) is 1.26. The van der Waals surface area contributed by atoms with Gasteiger partial charge in [0.25, 0.3) is 11.6 Å². The minimum atomic E-state index is 0.992. The van der Waals surface area contributed by atoms with Crippen molar-refractivity contribution in [3.63, 3.8) is 0 Å². The summed E-state index contributed by atoms with van der Waals surface area (Å²) in [6.07, 6.45) is 1.99. The van der Waals surface area contributed by atoms with Crippen LogP contribution in [0.3, 0.4) is 0 Å². The Morgan fingerprint density at radius 2 is 1.32 bits per heavy atom. The number of nitrogens with one attached hydrogen (secondary N) is 2. The summed E-state index contributed by atoms with van der Waals surface area (Å²) >= 11 is 0. The molecule has 0 unspecified atom stereocenters. The van der Waals surface area contributed by atoms with Gasteiger partial charge < -0.3 is 0 Å². The van der Waals surface area contributed by atoms with Crippen molar-refractivity contribution in [3.8, 4) is 11.1 Å². The smallest absolute Gasteiger partial charge is 0.254 e. The number of benzene rings is 2. The van der Waals surface area contributed by atoms with Crippen LogP contribution in [0.2, 0.25) is 0 Å². The number of rotatable bonds is 3. The molecule has 1 aliphatic rings. The Kier molecular flexibility index (Phi) is 4.37. The monoisotopic (exact) mass is 368 g/mol. The van der Waals surface area contributed by atoms with Crippen LogP contribution in [0.15, 0.2) is 85.1 Å². The zero-order valence-corrected chi connectivity index (χ0v) is 15.8. The van der Waals surface area contributed by atoms with E-state index in [-0.39, 0.29) is 0 Å². The summed E-state index contributed by atoms with van der Waals surface area (Å²) in [5.41, 5.74) is 3.72. The average Bonchev–Trinajstić information content (AvgIpc) is 2.79. The highest BCUT2D eigenvalue weighted by atomic mass is 15.3. The second kappa shape index (κ2) is 7.31. The van der Waals surface area contributed by atoms with E-state index in [1.165, 1.54) is 33.7 Å². The van der Waals surface area contributed by atoms with Gasteiger partial charge in [0.2, 0.25) is 0 Å². The van der Waals surface area contributed by atoms with Crippen LogP contribution in [0.4, 0.5) is 11.6 Å². The van der Waals surface area contributed by atoms with Crippen molar-refractivity contribution >= 4 is 22.5 Å². The molecule has 4 aromatic rings. The third kappa shape index (κ3) is 3.18. The number of hydrogen-bond acceptors (Lipinski definition) is 2. The van der Waals surface area contributed by atoms with Crippen LogP contribution in [0.5, 0.6) is 0 Å². The fraction of sp³-hybridized carbons (Fsp3) is 0.167. The third-order valence-electron chi connectivity index (χ3n) is 5.50. The SMILES string of the molecule is c1ccc(-c2cc(N3CCN(c4cccc[nH+]4)CC3)[nH+]c3ccccc23)cc1. The van der Waals surface area contributed by atoms with Crippen LogP contribution >= 0.6 is 0 Å². The summed E-state index contributed by atoms with van der Waals surface area (Å²) in [7, 11) is 0. The molecule has 0 spiro atoms. The van der Waals surface area contributed by atoms with Crippen molar-refractivity contribution in [1.29, 1.82) is 0 Å². The summed E-state index contributed by atoms with van der Waals surface area (Å²) in [6.45, 7) is 3.99. The van der Waals surface area contributed by atoms with E-state index in [9.17, 15) is 0 Å². The average molecular weight is 368 g/mol. The Labute approximate surface area is 165 Å². The number of fused-ring (bicyclic) bond motifs is 1. The lowest BCUT2D eigenvalue weighted by molar-refractivity contribution is -0.364. The lowest BCUT2D eigenvalue weighted by atomic mass is 10.0. The molecule has 1 saturated heterocycles. The van der Waals surface area contributed by atoms with Gasteiger partial charge in [0.1, 0.15) is 31.7 Å². The molecular weight excluding hydrogens is 344 g/mol. The summed E-state index contributed by atoms with van der Waals surface area (Å²) in [5.74, 6) is 2.38. The molecule has 4 nitrogen and oxygen atoms in total. The number of H-pyrrole nitrogens is 2. The lowest BCUT2D eigenvalue weighted by Crippen LogP contribution is -2.49. The zero-order chi connectivity index (χ0) is 18.8. The van der Waals surface area contributed by atoms with Gasteiger partial charge in [-0.3, -0.25) is 9.80 Å². The van der Waals surface area contributed by atoms with Crippen molar-refractivity contribution in [2.24, 2.45) is 0 Å². The van der Waals surface area contributed by atoms with Gasteiger partial charge in [-0.1, -0.05) is 54.6 Å². The van der Waals surface area contributed by atoms with Gasteiger partial charge in [-0.25, -0.2) is 9.97 Å². The number of nitrogens with zero attached hydrogens (tertiary/aromatic N) is 2. The molecule has 0 saturated carbocycles. The highest BCUT2D eigenvalue weighted by Gasteiger charge is 2.29. The maximum Gasteiger partial charge on any atom is 0.275 e. The molecule has 28 heavy (non-hydrogen) atoms. The fourth-order valence-corrected chi connectivity index (χ4v) is 4.01. The normalized spacial score (nSPS) is 14.4. The number of para-hydroxylation sites is 1. The number of anilines is 2. The van der Waals surface area contributed by atoms with E-state index in [0.29, 0.717) is 0 Å². The van der Waals surface area contributed by atoms with Crippen molar-refractivity contribution in [1.82, 2.24) is 0 Å². The van der Waals surface area contributed by atoms with Gasteiger partial charge in [0, 0.05) is 23.1 Å². The maximum absolute atomic E-state index is 3.66. The van der Waals surface area contributed by atoms with E-state index in [0.717, 1.165) is 26.2 Å². The molecule has 5 rings (SSSR count). The van der Waals surface area contributed by atoms with Crippen molar-refractivity contribution in [2.75, 3.05) is 36.0 Å². The molecule has 0 atom stereocenters. The Hall–Kier alpha value is -3.40. The predicted octanol–water partition coefficient (Wildman–Crippen LogP) is 3.46. The first kappa shape index (κ1) is 16.8. The van der Waals surface area contributed by atoms with E-state index in [2.05, 4.69) is 92.6 Å². The molecule has 3 heterocycles. The van der Waals surface area contributed by atoms with Crippen molar-refractivity contribution in [2.45, 2.75) is 0 Å². The number of piperazine rings is 1. The van der Waals surface area contributed by atoms with Gasteiger partial charge in [0.05, 0.1) is 6.20 Å². The van der Waals surface area contributed by atoms with Crippen LogP contribution < -0.4 is 19.8 Å². The van der Waals surface area contributed by atoms with Crippen molar-refractivity contribution < 1.29 is 9.97 Å². The molecule has 2 N–H and O–H groups in total. The number of pyridine rings is 2. The fourth-order valence-electron chi connectivity index (χ4n) is 4.01. The second-order valence-corrected chi connectivity index (χ2v) is 7.20. The Bertz CT molecular complexity index is 1070. The zero-order valence-electron chi connectivity index (χ0n) is 15.8. The largest absolute Gasteiger partial charge is 0.275 e. The minimum absolute atomic E-state index is 0.992. The first-order chi connectivity index (χ1) is 13.9. The molecule has 138 valence electrons. The van der Waals surface area contributed by atoms with E-state index < -0.39 is 0 Å². The third-order valence-corrected chi connectivity index (χ3v) is 5.50. The molecule has 1 fully saturated rings. The molecule has 0 aliphatic carbocycles.